The van der Waals surface area contributed by atoms with Crippen LogP contribution in [0.15, 0.2) is 59.2 Å². The maximum atomic E-state index is 5.95. The molecule has 3 heterocycles. The second kappa shape index (κ2) is 8.99. The summed E-state index contributed by atoms with van der Waals surface area (Å²) in [7, 11) is 0. The van der Waals surface area contributed by atoms with Crippen LogP contribution >= 0.6 is 28.1 Å². The highest BCUT2D eigenvalue weighted by Gasteiger charge is 2.44. The third-order valence-corrected chi connectivity index (χ3v) is 7.98. The molecule has 1 aliphatic carbocycles. The maximum absolute atomic E-state index is 5.95. The van der Waals surface area contributed by atoms with Crippen molar-refractivity contribution in [2.75, 3.05) is 0 Å². The van der Waals surface area contributed by atoms with Gasteiger partial charge in [0.2, 0.25) is 0 Å². The second-order valence-corrected chi connectivity index (χ2v) is 10.2. The van der Waals surface area contributed by atoms with Crippen molar-refractivity contribution in [3.8, 4) is 5.69 Å². The standard InChI is InChI=1S/C26H29BrN4S/c1-17-16-20(18(2)30(17)23-14-7-6-12-21(23)27)25-24(22-13-8-9-15-28-22)29-26(32)31(25)19-10-4-3-5-11-19/h6-9,12-16,19,24-25H,3-5,10-11H2,1-2H3,(H,29,32). The van der Waals surface area contributed by atoms with Gasteiger partial charge in [0.1, 0.15) is 0 Å². The molecule has 2 unspecified atom stereocenters. The van der Waals surface area contributed by atoms with Crippen LogP contribution in [0.25, 0.3) is 5.69 Å². The Bertz CT molecular complexity index is 1120. The zero-order chi connectivity index (χ0) is 22.2. The third kappa shape index (κ3) is 3.77. The first-order valence-electron chi connectivity index (χ1n) is 11.5. The van der Waals surface area contributed by atoms with Crippen LogP contribution in [0.2, 0.25) is 0 Å². The van der Waals surface area contributed by atoms with Crippen LogP contribution in [0.1, 0.15) is 66.8 Å². The molecule has 2 aliphatic rings. The molecule has 1 saturated carbocycles. The van der Waals surface area contributed by atoms with E-state index < -0.39 is 0 Å². The van der Waals surface area contributed by atoms with Gasteiger partial charge in [-0.2, -0.15) is 0 Å². The molecule has 1 saturated heterocycles. The van der Waals surface area contributed by atoms with E-state index in [1.165, 1.54) is 54.7 Å². The number of benzene rings is 1. The molecule has 3 aromatic rings. The van der Waals surface area contributed by atoms with E-state index in [0.29, 0.717) is 6.04 Å². The van der Waals surface area contributed by atoms with Crippen molar-refractivity contribution in [2.24, 2.45) is 0 Å². The summed E-state index contributed by atoms with van der Waals surface area (Å²) in [5.74, 6) is 0. The van der Waals surface area contributed by atoms with Gasteiger partial charge in [0.05, 0.1) is 23.5 Å². The van der Waals surface area contributed by atoms with E-state index in [4.69, 9.17) is 17.2 Å². The molecule has 2 atom stereocenters. The van der Waals surface area contributed by atoms with E-state index in [1.807, 2.05) is 12.3 Å². The van der Waals surface area contributed by atoms with Gasteiger partial charge in [-0.25, -0.2) is 0 Å². The van der Waals surface area contributed by atoms with E-state index in [-0.39, 0.29) is 12.1 Å². The zero-order valence-corrected chi connectivity index (χ0v) is 21.0. The Morgan fingerprint density at radius 3 is 2.50 bits per heavy atom. The van der Waals surface area contributed by atoms with Gasteiger partial charge in [-0.05, 0) is 90.7 Å². The quantitative estimate of drug-likeness (QED) is 0.404. The SMILES string of the molecule is Cc1cc(C2C(c3ccccn3)NC(=S)N2C2CCCCC2)c(C)n1-c1ccccc1Br. The predicted molar refractivity (Wildman–Crippen MR) is 137 cm³/mol. The van der Waals surface area contributed by atoms with Crippen molar-refractivity contribution in [3.63, 3.8) is 0 Å². The van der Waals surface area contributed by atoms with Gasteiger partial charge in [-0.15, -0.1) is 0 Å². The number of pyridine rings is 1. The molecule has 32 heavy (non-hydrogen) atoms. The molecule has 1 aromatic carbocycles. The van der Waals surface area contributed by atoms with Crippen molar-refractivity contribution in [1.29, 1.82) is 0 Å². The van der Waals surface area contributed by atoms with Gasteiger partial charge < -0.3 is 14.8 Å². The Hall–Kier alpha value is -2.18. The average molecular weight is 510 g/mol. The summed E-state index contributed by atoms with van der Waals surface area (Å²) in [4.78, 5) is 7.22. The van der Waals surface area contributed by atoms with Crippen LogP contribution in [-0.2, 0) is 0 Å². The number of halogens is 1. The van der Waals surface area contributed by atoms with E-state index in [9.17, 15) is 0 Å². The minimum absolute atomic E-state index is 0.0405. The van der Waals surface area contributed by atoms with E-state index in [2.05, 4.69) is 87.0 Å². The lowest BCUT2D eigenvalue weighted by atomic mass is 9.90. The Kier molecular flexibility index (Phi) is 6.08. The second-order valence-electron chi connectivity index (χ2n) is 8.94. The largest absolute Gasteiger partial charge is 0.352 e. The fraction of sp³-hybridized carbons (Fsp3) is 0.385. The minimum atomic E-state index is 0.0405. The van der Waals surface area contributed by atoms with Gasteiger partial charge in [-0.3, -0.25) is 4.98 Å². The number of hydrogen-bond acceptors (Lipinski definition) is 2. The number of para-hydroxylation sites is 1. The number of hydrogen-bond donors (Lipinski definition) is 1. The smallest absolute Gasteiger partial charge is 0.170 e. The van der Waals surface area contributed by atoms with Crippen LogP contribution in [0, 0.1) is 13.8 Å². The lowest BCUT2D eigenvalue weighted by molar-refractivity contribution is 0.197. The molecule has 1 N–H and O–H groups in total. The first-order chi connectivity index (χ1) is 15.6. The Balaban J connectivity index is 1.64. The molecule has 1 aliphatic heterocycles. The van der Waals surface area contributed by atoms with E-state index in [0.717, 1.165) is 15.3 Å². The normalized spacial score (nSPS) is 21.7. The molecule has 0 amide bonds. The van der Waals surface area contributed by atoms with E-state index >= 15 is 0 Å². The molecule has 0 radical (unpaired) electrons. The predicted octanol–water partition coefficient (Wildman–Crippen LogP) is 6.56. The summed E-state index contributed by atoms with van der Waals surface area (Å²) in [5, 5.41) is 4.51. The summed E-state index contributed by atoms with van der Waals surface area (Å²) >= 11 is 9.70. The van der Waals surface area contributed by atoms with Crippen molar-refractivity contribution in [1.82, 2.24) is 19.8 Å². The fourth-order valence-electron chi connectivity index (χ4n) is 5.54. The third-order valence-electron chi connectivity index (χ3n) is 6.99. The molecular weight excluding hydrogens is 480 g/mol. The molecule has 6 heteroatoms. The van der Waals surface area contributed by atoms with Gasteiger partial charge >= 0.3 is 0 Å². The number of thiocarbonyl (C=S) groups is 1. The summed E-state index contributed by atoms with van der Waals surface area (Å²) in [6.07, 6.45) is 8.17. The average Bonchev–Trinajstić information content (AvgIpc) is 3.31. The summed E-state index contributed by atoms with van der Waals surface area (Å²) in [5.41, 5.74) is 6.02. The molecule has 2 fully saturated rings. The Labute approximate surface area is 204 Å². The van der Waals surface area contributed by atoms with Crippen molar-refractivity contribution in [3.05, 3.63) is 81.8 Å². The van der Waals surface area contributed by atoms with Crippen LogP contribution in [-0.4, -0.2) is 25.6 Å². The van der Waals surface area contributed by atoms with Gasteiger partial charge in [-0.1, -0.05) is 37.5 Å². The highest BCUT2D eigenvalue weighted by atomic mass is 79.9. The first-order valence-corrected chi connectivity index (χ1v) is 12.7. The summed E-state index contributed by atoms with van der Waals surface area (Å²) < 4.78 is 3.45. The molecular formula is C26H29BrN4S. The van der Waals surface area contributed by atoms with Crippen molar-refractivity contribution in [2.45, 2.75) is 64.1 Å². The minimum Gasteiger partial charge on any atom is -0.352 e. The number of aryl methyl sites for hydroxylation is 1. The van der Waals surface area contributed by atoms with Crippen LogP contribution in [0.4, 0.5) is 0 Å². The number of aromatic nitrogens is 2. The lowest BCUT2D eigenvalue weighted by Gasteiger charge is -2.37. The van der Waals surface area contributed by atoms with Crippen LogP contribution in [0.3, 0.4) is 0 Å². The Morgan fingerprint density at radius 1 is 1.03 bits per heavy atom. The van der Waals surface area contributed by atoms with Crippen LogP contribution in [0.5, 0.6) is 0 Å². The molecule has 0 bridgehead atoms. The van der Waals surface area contributed by atoms with E-state index in [1.54, 1.807) is 0 Å². The monoisotopic (exact) mass is 508 g/mol. The van der Waals surface area contributed by atoms with Crippen molar-refractivity contribution >= 4 is 33.3 Å². The highest BCUT2D eigenvalue weighted by molar-refractivity contribution is 9.10. The van der Waals surface area contributed by atoms with Gasteiger partial charge in [0, 0.05) is 28.1 Å². The first kappa shape index (κ1) is 21.7. The topological polar surface area (TPSA) is 33.1 Å². The molecule has 2 aromatic heterocycles. The van der Waals surface area contributed by atoms with Gasteiger partial charge in [0.25, 0.3) is 0 Å². The molecule has 4 nitrogen and oxygen atoms in total. The number of nitrogens with one attached hydrogen (secondary N) is 1. The number of rotatable bonds is 4. The lowest BCUT2D eigenvalue weighted by Crippen LogP contribution is -2.40. The fourth-order valence-corrected chi connectivity index (χ4v) is 6.39. The molecule has 0 spiro atoms. The maximum Gasteiger partial charge on any atom is 0.170 e. The van der Waals surface area contributed by atoms with Gasteiger partial charge in [0.15, 0.2) is 5.11 Å². The zero-order valence-electron chi connectivity index (χ0n) is 18.6. The van der Waals surface area contributed by atoms with Crippen molar-refractivity contribution < 1.29 is 0 Å². The highest BCUT2D eigenvalue weighted by Crippen LogP contribution is 2.44. The van der Waals surface area contributed by atoms with Crippen LogP contribution < -0.4 is 5.32 Å². The summed E-state index contributed by atoms with van der Waals surface area (Å²) in [6, 6.07) is 17.6. The summed E-state index contributed by atoms with van der Waals surface area (Å²) in [6.45, 7) is 4.43. The number of nitrogens with zero attached hydrogens (tertiary/aromatic N) is 3. The molecule has 166 valence electrons. The Morgan fingerprint density at radius 2 is 1.78 bits per heavy atom. The molecule has 5 rings (SSSR count).